The minimum absolute atomic E-state index is 0.0467. The SMILES string of the molecule is O=C(CCC1CCCC1)Nc1ccc(F)c(C#CCO)c1. The van der Waals surface area contributed by atoms with E-state index in [1.807, 2.05) is 0 Å². The van der Waals surface area contributed by atoms with Gasteiger partial charge in [0.15, 0.2) is 0 Å². The van der Waals surface area contributed by atoms with E-state index in [1.54, 1.807) is 0 Å². The maximum Gasteiger partial charge on any atom is 0.224 e. The van der Waals surface area contributed by atoms with Crippen molar-refractivity contribution in [3.8, 4) is 11.8 Å². The van der Waals surface area contributed by atoms with Crippen LogP contribution in [-0.2, 0) is 4.79 Å². The van der Waals surface area contributed by atoms with Crippen molar-refractivity contribution in [2.75, 3.05) is 11.9 Å². The van der Waals surface area contributed by atoms with Gasteiger partial charge in [0.2, 0.25) is 5.91 Å². The molecule has 2 N–H and O–H groups in total. The Morgan fingerprint density at radius 1 is 1.38 bits per heavy atom. The molecular weight excluding hydrogens is 269 g/mol. The minimum Gasteiger partial charge on any atom is -0.384 e. The molecule has 1 aliphatic carbocycles. The summed E-state index contributed by atoms with van der Waals surface area (Å²) in [6, 6.07) is 4.28. The van der Waals surface area contributed by atoms with Gasteiger partial charge >= 0.3 is 0 Å². The van der Waals surface area contributed by atoms with E-state index in [0.717, 1.165) is 6.42 Å². The Morgan fingerprint density at radius 3 is 2.86 bits per heavy atom. The second-order valence-corrected chi connectivity index (χ2v) is 5.39. The Balaban J connectivity index is 1.90. The molecule has 1 aromatic rings. The summed E-state index contributed by atoms with van der Waals surface area (Å²) in [7, 11) is 0. The highest BCUT2D eigenvalue weighted by Crippen LogP contribution is 2.28. The van der Waals surface area contributed by atoms with Crippen molar-refractivity contribution in [1.29, 1.82) is 0 Å². The lowest BCUT2D eigenvalue weighted by Crippen LogP contribution is -2.13. The zero-order valence-electron chi connectivity index (χ0n) is 12.0. The average molecular weight is 289 g/mol. The normalized spacial score (nSPS) is 14.6. The smallest absolute Gasteiger partial charge is 0.224 e. The quantitative estimate of drug-likeness (QED) is 0.837. The Bertz CT molecular complexity index is 554. The minimum atomic E-state index is -0.458. The molecule has 1 aliphatic rings. The van der Waals surface area contributed by atoms with Crippen molar-refractivity contribution in [1.82, 2.24) is 0 Å². The fourth-order valence-electron chi connectivity index (χ4n) is 2.69. The van der Waals surface area contributed by atoms with Gasteiger partial charge in [-0.2, -0.15) is 0 Å². The fourth-order valence-corrected chi connectivity index (χ4v) is 2.69. The lowest BCUT2D eigenvalue weighted by Gasteiger charge is -2.09. The third kappa shape index (κ3) is 4.87. The molecule has 1 saturated carbocycles. The molecule has 1 amide bonds. The number of nitrogens with one attached hydrogen (secondary N) is 1. The first-order valence-corrected chi connectivity index (χ1v) is 7.38. The van der Waals surface area contributed by atoms with Gasteiger partial charge in [-0.1, -0.05) is 37.5 Å². The van der Waals surface area contributed by atoms with Crippen LogP contribution in [0.2, 0.25) is 0 Å². The third-order valence-electron chi connectivity index (χ3n) is 3.81. The van der Waals surface area contributed by atoms with Crippen LogP contribution >= 0.6 is 0 Å². The zero-order chi connectivity index (χ0) is 15.1. The largest absolute Gasteiger partial charge is 0.384 e. The molecule has 1 aromatic carbocycles. The molecule has 3 nitrogen and oxygen atoms in total. The van der Waals surface area contributed by atoms with Crippen LogP contribution in [0.3, 0.4) is 0 Å². The van der Waals surface area contributed by atoms with Crippen LogP contribution < -0.4 is 5.32 Å². The van der Waals surface area contributed by atoms with Gasteiger partial charge in [0.05, 0.1) is 5.56 Å². The molecule has 0 spiro atoms. The Hall–Kier alpha value is -1.86. The molecule has 2 rings (SSSR count). The molecule has 1 fully saturated rings. The van der Waals surface area contributed by atoms with Gasteiger partial charge in [-0.05, 0) is 30.5 Å². The Morgan fingerprint density at radius 2 is 2.14 bits per heavy atom. The van der Waals surface area contributed by atoms with Crippen molar-refractivity contribution in [2.24, 2.45) is 5.92 Å². The highest BCUT2D eigenvalue weighted by molar-refractivity contribution is 5.90. The van der Waals surface area contributed by atoms with Crippen molar-refractivity contribution < 1.29 is 14.3 Å². The molecular formula is C17H20FNO2. The molecule has 21 heavy (non-hydrogen) atoms. The monoisotopic (exact) mass is 289 g/mol. The Kier molecular flexibility index (Phi) is 5.77. The van der Waals surface area contributed by atoms with Crippen LogP contribution in [0.4, 0.5) is 10.1 Å². The van der Waals surface area contributed by atoms with Gasteiger partial charge in [-0.15, -0.1) is 0 Å². The number of aliphatic hydroxyl groups is 1. The number of aliphatic hydroxyl groups excluding tert-OH is 1. The maximum absolute atomic E-state index is 13.5. The molecule has 0 radical (unpaired) electrons. The molecule has 0 heterocycles. The summed E-state index contributed by atoms with van der Waals surface area (Å²) < 4.78 is 13.5. The summed E-state index contributed by atoms with van der Waals surface area (Å²) in [6.45, 7) is -0.322. The second kappa shape index (κ2) is 7.80. The van der Waals surface area contributed by atoms with Gasteiger partial charge in [0, 0.05) is 12.1 Å². The predicted molar refractivity (Wildman–Crippen MR) is 80.2 cm³/mol. The summed E-state index contributed by atoms with van der Waals surface area (Å²) in [6.07, 6.45) is 6.42. The van der Waals surface area contributed by atoms with E-state index >= 15 is 0 Å². The second-order valence-electron chi connectivity index (χ2n) is 5.39. The molecule has 0 saturated heterocycles. The number of carbonyl (C=O) groups is 1. The average Bonchev–Trinajstić information content (AvgIpc) is 2.99. The van der Waals surface area contributed by atoms with Gasteiger partial charge in [0.1, 0.15) is 12.4 Å². The van der Waals surface area contributed by atoms with E-state index < -0.39 is 5.82 Å². The van der Waals surface area contributed by atoms with E-state index in [9.17, 15) is 9.18 Å². The summed E-state index contributed by atoms with van der Waals surface area (Å²) in [4.78, 5) is 11.9. The first-order chi connectivity index (χ1) is 10.2. The van der Waals surface area contributed by atoms with Crippen molar-refractivity contribution in [2.45, 2.75) is 38.5 Å². The fraction of sp³-hybridized carbons (Fsp3) is 0.471. The van der Waals surface area contributed by atoms with Crippen molar-refractivity contribution in [3.63, 3.8) is 0 Å². The van der Waals surface area contributed by atoms with Crippen LogP contribution in [0, 0.1) is 23.6 Å². The van der Waals surface area contributed by atoms with Crippen LogP contribution in [0.1, 0.15) is 44.1 Å². The number of hydrogen-bond donors (Lipinski definition) is 2. The molecule has 112 valence electrons. The number of halogens is 1. The molecule has 0 bridgehead atoms. The molecule has 4 heteroatoms. The van der Waals surface area contributed by atoms with Gasteiger partial charge in [0.25, 0.3) is 0 Å². The number of hydrogen-bond acceptors (Lipinski definition) is 2. The predicted octanol–water partition coefficient (Wildman–Crippen LogP) is 3.08. The van der Waals surface area contributed by atoms with Crippen LogP contribution in [0.15, 0.2) is 18.2 Å². The number of rotatable bonds is 4. The van der Waals surface area contributed by atoms with Crippen LogP contribution in [-0.4, -0.2) is 17.6 Å². The molecule has 0 atom stereocenters. The highest BCUT2D eigenvalue weighted by Gasteiger charge is 2.16. The number of amides is 1. The summed E-state index contributed by atoms with van der Waals surface area (Å²) >= 11 is 0. The van der Waals surface area contributed by atoms with E-state index in [-0.39, 0.29) is 18.1 Å². The zero-order valence-corrected chi connectivity index (χ0v) is 12.0. The lowest BCUT2D eigenvalue weighted by molar-refractivity contribution is -0.116. The van der Waals surface area contributed by atoms with Gasteiger partial charge < -0.3 is 10.4 Å². The van der Waals surface area contributed by atoms with E-state index in [1.165, 1.54) is 43.9 Å². The topological polar surface area (TPSA) is 49.3 Å². The number of benzene rings is 1. The van der Waals surface area contributed by atoms with Crippen LogP contribution in [0.25, 0.3) is 0 Å². The Labute approximate surface area is 124 Å². The first kappa shape index (κ1) is 15.5. The highest BCUT2D eigenvalue weighted by atomic mass is 19.1. The van der Waals surface area contributed by atoms with Crippen LogP contribution in [0.5, 0.6) is 0 Å². The maximum atomic E-state index is 13.5. The number of anilines is 1. The summed E-state index contributed by atoms with van der Waals surface area (Å²) in [5.41, 5.74) is 0.715. The standard InChI is InChI=1S/C17H20FNO2/c18-16-9-8-15(12-14(16)6-3-11-20)19-17(21)10-7-13-4-1-2-5-13/h8-9,12-13,20H,1-2,4-5,7,10-11H2,(H,19,21). The lowest BCUT2D eigenvalue weighted by atomic mass is 10.0. The first-order valence-electron chi connectivity index (χ1n) is 7.38. The molecule has 0 aliphatic heterocycles. The number of carbonyl (C=O) groups excluding carboxylic acids is 1. The van der Waals surface area contributed by atoms with Crippen molar-refractivity contribution in [3.05, 3.63) is 29.6 Å². The molecule has 0 unspecified atom stereocenters. The third-order valence-corrected chi connectivity index (χ3v) is 3.81. The molecule has 0 aromatic heterocycles. The van der Waals surface area contributed by atoms with Crippen molar-refractivity contribution >= 4 is 11.6 Å². The van der Waals surface area contributed by atoms with E-state index in [2.05, 4.69) is 17.2 Å². The van der Waals surface area contributed by atoms with Gasteiger partial charge in [-0.3, -0.25) is 4.79 Å². The van der Waals surface area contributed by atoms with E-state index in [0.29, 0.717) is 18.0 Å². The summed E-state index contributed by atoms with van der Waals surface area (Å²) in [5.74, 6) is 5.10. The summed E-state index contributed by atoms with van der Waals surface area (Å²) in [5, 5.41) is 11.4. The van der Waals surface area contributed by atoms with Gasteiger partial charge in [-0.25, -0.2) is 4.39 Å². The van der Waals surface area contributed by atoms with E-state index in [4.69, 9.17) is 5.11 Å².